The molecule has 27 heavy (non-hydrogen) atoms. The standard InChI is InChI=1S/C19H31N5O3/c1-6-15-14(19(25-5)24(4)22-15)11-20-16(13-7-9-26-10-8-13)18-21-17(12(2)3)23-27-18/h12-13,16,20H,6-11H2,1-5H3. The summed E-state index contributed by atoms with van der Waals surface area (Å²) in [6.45, 7) is 8.42. The highest BCUT2D eigenvalue weighted by atomic mass is 16.5. The van der Waals surface area contributed by atoms with Crippen molar-refractivity contribution >= 4 is 0 Å². The Kier molecular flexibility index (Phi) is 6.49. The van der Waals surface area contributed by atoms with E-state index in [0.717, 1.165) is 55.4 Å². The van der Waals surface area contributed by atoms with E-state index in [9.17, 15) is 0 Å². The van der Waals surface area contributed by atoms with Crippen LogP contribution in [0.25, 0.3) is 0 Å². The lowest BCUT2D eigenvalue weighted by Gasteiger charge is -2.28. The molecule has 8 heteroatoms. The maximum atomic E-state index is 5.63. The van der Waals surface area contributed by atoms with Crippen LogP contribution in [0, 0.1) is 5.92 Å². The molecule has 1 saturated heterocycles. The Labute approximate surface area is 160 Å². The summed E-state index contributed by atoms with van der Waals surface area (Å²) in [5.74, 6) is 2.83. The number of methoxy groups -OCH3 is 1. The Morgan fingerprint density at radius 2 is 2.04 bits per heavy atom. The van der Waals surface area contributed by atoms with Crippen molar-refractivity contribution in [3.63, 3.8) is 0 Å². The Balaban J connectivity index is 1.83. The van der Waals surface area contributed by atoms with Crippen molar-refractivity contribution in [3.05, 3.63) is 23.0 Å². The maximum absolute atomic E-state index is 5.63. The summed E-state index contributed by atoms with van der Waals surface area (Å²) in [6, 6.07) is -0.0106. The van der Waals surface area contributed by atoms with Crippen molar-refractivity contribution < 1.29 is 14.0 Å². The van der Waals surface area contributed by atoms with Crippen LogP contribution in [0.2, 0.25) is 0 Å². The van der Waals surface area contributed by atoms with E-state index in [-0.39, 0.29) is 12.0 Å². The number of nitrogens with zero attached hydrogens (tertiary/aromatic N) is 4. The highest BCUT2D eigenvalue weighted by Crippen LogP contribution is 2.31. The smallest absolute Gasteiger partial charge is 0.244 e. The summed E-state index contributed by atoms with van der Waals surface area (Å²) in [6.07, 6.45) is 2.80. The van der Waals surface area contributed by atoms with Gasteiger partial charge in [-0.05, 0) is 25.2 Å². The molecule has 0 saturated carbocycles. The first kappa shape index (κ1) is 19.8. The zero-order valence-corrected chi connectivity index (χ0v) is 17.0. The molecule has 3 heterocycles. The molecule has 3 rings (SSSR count). The van der Waals surface area contributed by atoms with Gasteiger partial charge in [-0.3, -0.25) is 0 Å². The summed E-state index contributed by atoms with van der Waals surface area (Å²) in [5.41, 5.74) is 2.13. The van der Waals surface area contributed by atoms with E-state index < -0.39 is 0 Å². The summed E-state index contributed by atoms with van der Waals surface area (Å²) >= 11 is 0. The Bertz CT molecular complexity index is 734. The molecule has 0 aliphatic carbocycles. The third kappa shape index (κ3) is 4.32. The van der Waals surface area contributed by atoms with E-state index in [2.05, 4.69) is 41.3 Å². The van der Waals surface area contributed by atoms with Gasteiger partial charge < -0.3 is 19.3 Å². The third-order valence-corrected chi connectivity index (χ3v) is 5.18. The van der Waals surface area contributed by atoms with Gasteiger partial charge in [0.1, 0.15) is 0 Å². The molecule has 1 N–H and O–H groups in total. The maximum Gasteiger partial charge on any atom is 0.244 e. The molecule has 1 atom stereocenters. The monoisotopic (exact) mass is 377 g/mol. The number of ether oxygens (including phenoxy) is 2. The first-order valence-corrected chi connectivity index (χ1v) is 9.78. The predicted molar refractivity (Wildman–Crippen MR) is 101 cm³/mol. The molecule has 0 spiro atoms. The highest BCUT2D eigenvalue weighted by Gasteiger charge is 2.31. The zero-order valence-electron chi connectivity index (χ0n) is 17.0. The Morgan fingerprint density at radius 3 is 2.63 bits per heavy atom. The first-order chi connectivity index (χ1) is 13.0. The quantitative estimate of drug-likeness (QED) is 0.757. The Morgan fingerprint density at radius 1 is 1.30 bits per heavy atom. The van der Waals surface area contributed by atoms with Gasteiger partial charge in [0.05, 0.1) is 24.4 Å². The minimum Gasteiger partial charge on any atom is -0.481 e. The largest absolute Gasteiger partial charge is 0.481 e. The average molecular weight is 377 g/mol. The van der Waals surface area contributed by atoms with Crippen molar-refractivity contribution in [2.45, 2.75) is 58.5 Å². The van der Waals surface area contributed by atoms with Crippen molar-refractivity contribution in [1.29, 1.82) is 0 Å². The van der Waals surface area contributed by atoms with Crippen LogP contribution in [-0.4, -0.2) is 40.2 Å². The van der Waals surface area contributed by atoms with Gasteiger partial charge >= 0.3 is 0 Å². The van der Waals surface area contributed by atoms with E-state index >= 15 is 0 Å². The lowest BCUT2D eigenvalue weighted by molar-refractivity contribution is 0.0485. The average Bonchev–Trinajstić information content (AvgIpc) is 3.27. The molecule has 0 radical (unpaired) electrons. The molecule has 1 unspecified atom stereocenters. The predicted octanol–water partition coefficient (Wildman–Crippen LogP) is 2.76. The van der Waals surface area contributed by atoms with Gasteiger partial charge in [0.25, 0.3) is 0 Å². The van der Waals surface area contributed by atoms with E-state index in [0.29, 0.717) is 18.4 Å². The second-order valence-electron chi connectivity index (χ2n) is 7.37. The van der Waals surface area contributed by atoms with Crippen molar-refractivity contribution in [2.24, 2.45) is 13.0 Å². The molecule has 0 aromatic carbocycles. The molecule has 0 amide bonds. The van der Waals surface area contributed by atoms with Crippen molar-refractivity contribution in [1.82, 2.24) is 25.2 Å². The van der Waals surface area contributed by atoms with Crippen LogP contribution < -0.4 is 10.1 Å². The van der Waals surface area contributed by atoms with Crippen LogP contribution >= 0.6 is 0 Å². The number of aromatic nitrogens is 4. The molecule has 1 aliphatic rings. The number of nitrogens with one attached hydrogen (secondary N) is 1. The number of aryl methyl sites for hydroxylation is 2. The van der Waals surface area contributed by atoms with Gasteiger partial charge in [-0.2, -0.15) is 10.1 Å². The fraction of sp³-hybridized carbons (Fsp3) is 0.737. The first-order valence-electron chi connectivity index (χ1n) is 9.78. The van der Waals surface area contributed by atoms with Gasteiger partial charge in [0, 0.05) is 32.7 Å². The Hall–Kier alpha value is -1.93. The lowest BCUT2D eigenvalue weighted by Crippen LogP contribution is -2.32. The fourth-order valence-corrected chi connectivity index (χ4v) is 3.65. The minimum atomic E-state index is -0.0106. The lowest BCUT2D eigenvalue weighted by atomic mass is 9.91. The van der Waals surface area contributed by atoms with Crippen LogP contribution in [0.4, 0.5) is 0 Å². The van der Waals surface area contributed by atoms with Crippen LogP contribution in [0.15, 0.2) is 4.52 Å². The minimum absolute atomic E-state index is 0.0106. The molecular weight excluding hydrogens is 346 g/mol. The highest BCUT2D eigenvalue weighted by molar-refractivity contribution is 5.31. The van der Waals surface area contributed by atoms with Crippen molar-refractivity contribution in [2.75, 3.05) is 20.3 Å². The normalized spacial score (nSPS) is 16.8. The van der Waals surface area contributed by atoms with Crippen LogP contribution in [0.3, 0.4) is 0 Å². The van der Waals surface area contributed by atoms with Crippen LogP contribution in [0.1, 0.15) is 68.5 Å². The number of rotatable bonds is 8. The van der Waals surface area contributed by atoms with Gasteiger partial charge in [0.2, 0.25) is 11.8 Å². The SMILES string of the molecule is CCc1nn(C)c(OC)c1CNC(c1nc(C(C)C)no1)C1CCOCC1. The summed E-state index contributed by atoms with van der Waals surface area (Å²) < 4.78 is 18.5. The van der Waals surface area contributed by atoms with E-state index in [1.54, 1.807) is 11.8 Å². The molecule has 2 aromatic heterocycles. The van der Waals surface area contributed by atoms with Crippen molar-refractivity contribution in [3.8, 4) is 5.88 Å². The van der Waals surface area contributed by atoms with Gasteiger partial charge in [-0.25, -0.2) is 4.68 Å². The molecule has 150 valence electrons. The second kappa shape index (κ2) is 8.84. The van der Waals surface area contributed by atoms with E-state index in [1.807, 2.05) is 7.05 Å². The molecular formula is C19H31N5O3. The number of hydrogen-bond acceptors (Lipinski definition) is 7. The van der Waals surface area contributed by atoms with Gasteiger partial charge in [0.15, 0.2) is 5.82 Å². The molecule has 0 bridgehead atoms. The fourth-order valence-electron chi connectivity index (χ4n) is 3.65. The molecule has 1 fully saturated rings. The molecule has 8 nitrogen and oxygen atoms in total. The van der Waals surface area contributed by atoms with Gasteiger partial charge in [-0.1, -0.05) is 25.9 Å². The summed E-state index contributed by atoms with van der Waals surface area (Å²) in [7, 11) is 3.59. The third-order valence-electron chi connectivity index (χ3n) is 5.18. The topological polar surface area (TPSA) is 87.2 Å². The molecule has 2 aromatic rings. The molecule has 1 aliphatic heterocycles. The summed E-state index contributed by atoms with van der Waals surface area (Å²) in [4.78, 5) is 4.65. The van der Waals surface area contributed by atoms with E-state index in [1.165, 1.54) is 0 Å². The van der Waals surface area contributed by atoms with Gasteiger partial charge in [-0.15, -0.1) is 0 Å². The van der Waals surface area contributed by atoms with Crippen LogP contribution in [-0.2, 0) is 24.8 Å². The van der Waals surface area contributed by atoms with E-state index in [4.69, 9.17) is 14.0 Å². The second-order valence-corrected chi connectivity index (χ2v) is 7.37. The number of hydrogen-bond donors (Lipinski definition) is 1. The zero-order chi connectivity index (χ0) is 19.4. The van der Waals surface area contributed by atoms with Crippen LogP contribution in [0.5, 0.6) is 5.88 Å². The summed E-state index contributed by atoms with van der Waals surface area (Å²) in [5, 5.41) is 12.4.